The van der Waals surface area contributed by atoms with E-state index in [-0.39, 0.29) is 30.3 Å². The van der Waals surface area contributed by atoms with E-state index in [0.29, 0.717) is 15.6 Å². The van der Waals surface area contributed by atoms with Gasteiger partial charge in [0.25, 0.3) is 11.6 Å². The first-order chi connectivity index (χ1) is 14.3. The van der Waals surface area contributed by atoms with Gasteiger partial charge in [-0.3, -0.25) is 14.9 Å². The summed E-state index contributed by atoms with van der Waals surface area (Å²) in [6, 6.07) is 6.74. The molecule has 1 aliphatic heterocycles. The van der Waals surface area contributed by atoms with Crippen LogP contribution in [0.15, 0.2) is 30.3 Å². The van der Waals surface area contributed by atoms with Gasteiger partial charge < -0.3 is 19.5 Å². The fourth-order valence-corrected chi connectivity index (χ4v) is 3.06. The molecule has 0 saturated carbocycles. The predicted octanol–water partition coefficient (Wildman–Crippen LogP) is 3.71. The lowest BCUT2D eigenvalue weighted by molar-refractivity contribution is -0.385. The van der Waals surface area contributed by atoms with E-state index < -0.39 is 35.1 Å². The van der Waals surface area contributed by atoms with Crippen LogP contribution in [0.4, 0.5) is 5.69 Å². The summed E-state index contributed by atoms with van der Waals surface area (Å²) in [5, 5.41) is 14.7. The second kappa shape index (κ2) is 9.19. The van der Waals surface area contributed by atoms with Gasteiger partial charge in [-0.25, -0.2) is 4.79 Å². The summed E-state index contributed by atoms with van der Waals surface area (Å²) >= 11 is 11.8. The van der Waals surface area contributed by atoms with Gasteiger partial charge in [0.15, 0.2) is 18.1 Å². The number of hydrogen-bond donors (Lipinski definition) is 1. The van der Waals surface area contributed by atoms with Gasteiger partial charge in [0.1, 0.15) is 18.8 Å². The van der Waals surface area contributed by atoms with Crippen LogP contribution in [-0.2, 0) is 9.53 Å². The van der Waals surface area contributed by atoms with Crippen molar-refractivity contribution in [3.63, 3.8) is 0 Å². The summed E-state index contributed by atoms with van der Waals surface area (Å²) in [4.78, 5) is 35.1. The molecule has 11 heteroatoms. The fraction of sp³-hybridized carbons (Fsp3) is 0.263. The molecule has 0 spiro atoms. The number of nitro benzene ring substituents is 1. The minimum absolute atomic E-state index is 0.165. The number of amides is 1. The van der Waals surface area contributed by atoms with Crippen molar-refractivity contribution in [2.45, 2.75) is 13.0 Å². The molecular weight excluding hydrogens is 439 g/mol. The Hall–Kier alpha value is -3.04. The molecule has 1 unspecified atom stereocenters. The van der Waals surface area contributed by atoms with Gasteiger partial charge >= 0.3 is 5.97 Å². The number of ether oxygens (including phenoxy) is 3. The van der Waals surface area contributed by atoms with E-state index in [1.165, 1.54) is 6.07 Å². The van der Waals surface area contributed by atoms with Gasteiger partial charge in [-0.1, -0.05) is 29.3 Å². The second-order valence-corrected chi connectivity index (χ2v) is 7.12. The van der Waals surface area contributed by atoms with Crippen LogP contribution in [0, 0.1) is 10.1 Å². The van der Waals surface area contributed by atoms with E-state index in [1.807, 2.05) is 0 Å². The van der Waals surface area contributed by atoms with E-state index in [4.69, 9.17) is 37.4 Å². The van der Waals surface area contributed by atoms with Gasteiger partial charge in [0.05, 0.1) is 27.1 Å². The molecule has 1 heterocycles. The minimum atomic E-state index is -1.03. The normalized spacial score (nSPS) is 13.3. The summed E-state index contributed by atoms with van der Waals surface area (Å²) < 4.78 is 15.6. The van der Waals surface area contributed by atoms with Crippen molar-refractivity contribution >= 4 is 40.8 Å². The third-order valence-corrected chi connectivity index (χ3v) is 4.97. The Morgan fingerprint density at radius 2 is 1.83 bits per heavy atom. The molecule has 1 amide bonds. The lowest BCUT2D eigenvalue weighted by Crippen LogP contribution is -2.31. The van der Waals surface area contributed by atoms with Crippen molar-refractivity contribution in [2.24, 2.45) is 0 Å². The minimum Gasteiger partial charge on any atom is -0.486 e. The van der Waals surface area contributed by atoms with Crippen molar-refractivity contribution in [1.82, 2.24) is 5.32 Å². The highest BCUT2D eigenvalue weighted by Crippen LogP contribution is 2.36. The number of halogens is 2. The highest BCUT2D eigenvalue weighted by atomic mass is 35.5. The zero-order chi connectivity index (χ0) is 21.8. The summed E-state index contributed by atoms with van der Waals surface area (Å²) in [5.74, 6) is -1.27. The van der Waals surface area contributed by atoms with Crippen LogP contribution in [0.5, 0.6) is 11.5 Å². The smallest absolute Gasteiger partial charge is 0.345 e. The lowest BCUT2D eigenvalue weighted by atomic mass is 10.1. The van der Waals surface area contributed by atoms with E-state index >= 15 is 0 Å². The molecule has 0 radical (unpaired) electrons. The number of nitrogens with one attached hydrogen (secondary N) is 1. The monoisotopic (exact) mass is 454 g/mol. The number of nitro groups is 1. The number of fused-ring (bicyclic) bond motifs is 1. The molecule has 1 aliphatic rings. The summed E-state index contributed by atoms with van der Waals surface area (Å²) in [7, 11) is 0. The average molecular weight is 455 g/mol. The van der Waals surface area contributed by atoms with E-state index in [1.54, 1.807) is 25.1 Å². The average Bonchev–Trinajstić information content (AvgIpc) is 2.72. The zero-order valence-electron chi connectivity index (χ0n) is 15.6. The van der Waals surface area contributed by atoms with Gasteiger partial charge in [0.2, 0.25) is 0 Å². The molecule has 1 atom stereocenters. The molecule has 3 rings (SSSR count). The van der Waals surface area contributed by atoms with E-state index in [9.17, 15) is 19.7 Å². The third kappa shape index (κ3) is 4.92. The predicted molar refractivity (Wildman–Crippen MR) is 107 cm³/mol. The van der Waals surface area contributed by atoms with Gasteiger partial charge in [-0.2, -0.15) is 0 Å². The molecule has 158 valence electrons. The number of benzene rings is 2. The van der Waals surface area contributed by atoms with Crippen LogP contribution < -0.4 is 14.8 Å². The third-order valence-electron chi connectivity index (χ3n) is 4.23. The largest absolute Gasteiger partial charge is 0.486 e. The number of rotatable bonds is 6. The molecule has 0 aliphatic carbocycles. The van der Waals surface area contributed by atoms with Crippen LogP contribution in [-0.4, -0.2) is 36.6 Å². The Morgan fingerprint density at radius 3 is 2.47 bits per heavy atom. The Kier molecular flexibility index (Phi) is 6.63. The quantitative estimate of drug-likeness (QED) is 0.401. The van der Waals surface area contributed by atoms with Crippen molar-refractivity contribution in [1.29, 1.82) is 0 Å². The molecule has 30 heavy (non-hydrogen) atoms. The molecule has 2 aromatic rings. The van der Waals surface area contributed by atoms with Crippen LogP contribution in [0.3, 0.4) is 0 Å². The van der Waals surface area contributed by atoms with Crippen molar-refractivity contribution in [2.75, 3.05) is 19.8 Å². The Morgan fingerprint density at radius 1 is 1.17 bits per heavy atom. The number of esters is 1. The van der Waals surface area contributed by atoms with Gasteiger partial charge in [-0.15, -0.1) is 0 Å². The molecular formula is C19H16Cl2N2O7. The maximum atomic E-state index is 12.4. The summed E-state index contributed by atoms with van der Waals surface area (Å²) in [6.07, 6.45) is 0. The number of carbonyl (C=O) groups excluding carboxylic acids is 2. The second-order valence-electron chi connectivity index (χ2n) is 6.31. The maximum Gasteiger partial charge on any atom is 0.345 e. The van der Waals surface area contributed by atoms with E-state index in [2.05, 4.69) is 5.32 Å². The highest BCUT2D eigenvalue weighted by molar-refractivity contribution is 6.42. The van der Waals surface area contributed by atoms with Crippen molar-refractivity contribution < 1.29 is 28.7 Å². The van der Waals surface area contributed by atoms with Crippen LogP contribution in [0.1, 0.15) is 28.9 Å². The van der Waals surface area contributed by atoms with Crippen molar-refractivity contribution in [3.05, 3.63) is 61.6 Å². The molecule has 1 N–H and O–H groups in total. The van der Waals surface area contributed by atoms with Gasteiger partial charge in [0, 0.05) is 6.07 Å². The summed E-state index contributed by atoms with van der Waals surface area (Å²) in [6.45, 7) is 1.57. The maximum absolute atomic E-state index is 12.4. The van der Waals surface area contributed by atoms with Crippen molar-refractivity contribution in [3.8, 4) is 11.5 Å². The van der Waals surface area contributed by atoms with Gasteiger partial charge in [-0.05, 0) is 24.6 Å². The molecule has 0 fully saturated rings. The van der Waals surface area contributed by atoms with E-state index in [0.717, 1.165) is 6.07 Å². The number of hydrogen-bond acceptors (Lipinski definition) is 7. The van der Waals surface area contributed by atoms with Crippen LogP contribution in [0.2, 0.25) is 10.0 Å². The molecule has 0 bridgehead atoms. The zero-order valence-corrected chi connectivity index (χ0v) is 17.2. The van der Waals surface area contributed by atoms with Crippen LogP contribution in [0.25, 0.3) is 0 Å². The number of carbonyl (C=O) groups is 2. The Labute approximate surface area is 181 Å². The molecule has 0 saturated heterocycles. The summed E-state index contributed by atoms with van der Waals surface area (Å²) in [5.41, 5.74) is -0.144. The SMILES string of the molecule is CC(NC(=O)COC(=O)c1cc2c(cc1[N+](=O)[O-])OCCO2)c1ccc(Cl)c(Cl)c1. The highest BCUT2D eigenvalue weighted by Gasteiger charge is 2.28. The molecule has 2 aromatic carbocycles. The number of nitrogens with zero attached hydrogens (tertiary/aromatic N) is 1. The molecule has 9 nitrogen and oxygen atoms in total. The first-order valence-corrected chi connectivity index (χ1v) is 9.51. The fourth-order valence-electron chi connectivity index (χ4n) is 2.75. The van der Waals surface area contributed by atoms with Crippen LogP contribution >= 0.6 is 23.2 Å². The first kappa shape index (κ1) is 21.7. The Balaban J connectivity index is 1.65. The standard InChI is InChI=1S/C19H16Cl2N2O7/c1-10(11-2-3-13(20)14(21)6-11)22-18(24)9-30-19(25)12-7-16-17(29-5-4-28-16)8-15(12)23(26)27/h2-3,6-8,10H,4-5,9H2,1H3,(H,22,24). The first-order valence-electron chi connectivity index (χ1n) is 8.75. The molecule has 0 aromatic heterocycles. The Bertz CT molecular complexity index is 1010. The lowest BCUT2D eigenvalue weighted by Gasteiger charge is -2.18. The topological polar surface area (TPSA) is 117 Å².